The predicted octanol–water partition coefficient (Wildman–Crippen LogP) is 2.79. The van der Waals surface area contributed by atoms with Gasteiger partial charge < -0.3 is 16.1 Å². The van der Waals surface area contributed by atoms with Crippen LogP contribution in [-0.4, -0.2) is 40.6 Å². The minimum absolute atomic E-state index is 0.103. The Morgan fingerprint density at radius 1 is 1.21 bits per heavy atom. The lowest BCUT2D eigenvalue weighted by Crippen LogP contribution is -2.25. The number of carbonyl (C=O) groups excluding carboxylic acids is 1. The molecule has 0 spiro atoms. The van der Waals surface area contributed by atoms with E-state index in [0.29, 0.717) is 22.5 Å². The van der Waals surface area contributed by atoms with Crippen molar-refractivity contribution in [2.75, 3.05) is 30.6 Å². The molecule has 146 valence electrons. The number of anilines is 1. The molecule has 3 aromatic rings. The summed E-state index contributed by atoms with van der Waals surface area (Å²) in [5, 5.41) is 12.1. The van der Waals surface area contributed by atoms with Gasteiger partial charge in [-0.05, 0) is 29.8 Å². The quantitative estimate of drug-likeness (QED) is 0.454. The van der Waals surface area contributed by atoms with Crippen LogP contribution in [0.2, 0.25) is 5.02 Å². The van der Waals surface area contributed by atoms with Crippen molar-refractivity contribution < 1.29 is 4.79 Å². The van der Waals surface area contributed by atoms with Gasteiger partial charge in [0.1, 0.15) is 0 Å². The lowest BCUT2D eigenvalue weighted by Gasteiger charge is -2.12. The summed E-state index contributed by atoms with van der Waals surface area (Å²) in [6.07, 6.45) is 0. The van der Waals surface area contributed by atoms with E-state index in [1.54, 1.807) is 12.1 Å². The van der Waals surface area contributed by atoms with Crippen LogP contribution in [0.3, 0.4) is 0 Å². The fraction of sp³-hybridized carbons (Fsp3) is 0.211. The fourth-order valence-electron chi connectivity index (χ4n) is 2.49. The topological polar surface area (TPSA) is 89.1 Å². The molecule has 0 unspecified atom stereocenters. The van der Waals surface area contributed by atoms with Gasteiger partial charge in [0.25, 0.3) is 0 Å². The largest absolute Gasteiger partial charge is 0.378 e. The molecule has 0 saturated carbocycles. The first-order chi connectivity index (χ1) is 13.4. The molecule has 9 heteroatoms. The van der Waals surface area contributed by atoms with E-state index < -0.39 is 0 Å². The molecule has 0 saturated heterocycles. The lowest BCUT2D eigenvalue weighted by atomic mass is 10.2. The molecule has 1 heterocycles. The summed E-state index contributed by atoms with van der Waals surface area (Å²) in [6, 6.07) is 15.2. The molecule has 3 rings (SSSR count). The maximum atomic E-state index is 12.1. The van der Waals surface area contributed by atoms with Crippen molar-refractivity contribution in [1.82, 2.24) is 20.2 Å². The zero-order valence-electron chi connectivity index (χ0n) is 15.6. The Morgan fingerprint density at radius 2 is 1.96 bits per heavy atom. The number of nitrogen functional groups attached to an aromatic ring is 1. The molecule has 0 aliphatic heterocycles. The molecule has 0 bridgehead atoms. The van der Waals surface area contributed by atoms with Crippen LogP contribution in [0.1, 0.15) is 5.56 Å². The smallest absolute Gasteiger partial charge is 0.230 e. The Labute approximate surface area is 172 Å². The average Bonchev–Trinajstić information content (AvgIpc) is 3.05. The molecule has 1 amide bonds. The number of thioether (sulfide) groups is 1. The summed E-state index contributed by atoms with van der Waals surface area (Å²) >= 11 is 7.24. The van der Waals surface area contributed by atoms with Crippen molar-refractivity contribution in [3.05, 3.63) is 59.1 Å². The summed E-state index contributed by atoms with van der Waals surface area (Å²) in [5.41, 5.74) is 2.91. The van der Waals surface area contributed by atoms with E-state index in [-0.39, 0.29) is 11.7 Å². The van der Waals surface area contributed by atoms with Crippen LogP contribution in [0.5, 0.6) is 0 Å². The number of nitrogens with one attached hydrogen (secondary N) is 1. The van der Waals surface area contributed by atoms with Gasteiger partial charge in [-0.2, -0.15) is 0 Å². The van der Waals surface area contributed by atoms with E-state index in [1.807, 2.05) is 55.4 Å². The molecule has 0 fully saturated rings. The van der Waals surface area contributed by atoms with Crippen LogP contribution in [0, 0.1) is 0 Å². The van der Waals surface area contributed by atoms with Gasteiger partial charge in [-0.25, -0.2) is 4.68 Å². The molecule has 0 atom stereocenters. The molecule has 1 aromatic heterocycles. The van der Waals surface area contributed by atoms with Gasteiger partial charge in [-0.3, -0.25) is 4.79 Å². The van der Waals surface area contributed by atoms with E-state index in [0.717, 1.165) is 16.8 Å². The van der Waals surface area contributed by atoms with Gasteiger partial charge in [-0.1, -0.05) is 47.6 Å². The average molecular weight is 417 g/mol. The highest BCUT2D eigenvalue weighted by Gasteiger charge is 2.14. The van der Waals surface area contributed by atoms with Gasteiger partial charge in [0.15, 0.2) is 5.82 Å². The lowest BCUT2D eigenvalue weighted by molar-refractivity contribution is -0.118. The number of hydrogen-bond donors (Lipinski definition) is 2. The number of halogens is 1. The number of carbonyl (C=O) groups is 1. The Balaban J connectivity index is 1.53. The Hall–Kier alpha value is -2.71. The second-order valence-electron chi connectivity index (χ2n) is 6.31. The van der Waals surface area contributed by atoms with Gasteiger partial charge in [0, 0.05) is 36.9 Å². The van der Waals surface area contributed by atoms with E-state index in [4.69, 9.17) is 17.4 Å². The number of aromatic nitrogens is 3. The molecule has 0 radical (unpaired) electrons. The molecule has 0 aliphatic carbocycles. The molecular formula is C19H21ClN6OS. The second-order valence-corrected chi connectivity index (χ2v) is 7.69. The number of nitrogens with zero attached hydrogens (tertiary/aromatic N) is 4. The third-order valence-corrected chi connectivity index (χ3v) is 5.20. The van der Waals surface area contributed by atoms with E-state index in [1.165, 1.54) is 16.4 Å². The van der Waals surface area contributed by atoms with Crippen molar-refractivity contribution in [1.29, 1.82) is 0 Å². The molecule has 3 N–H and O–H groups in total. The fourth-order valence-corrected chi connectivity index (χ4v) is 3.37. The summed E-state index contributed by atoms with van der Waals surface area (Å²) < 4.78 is 1.36. The number of nitrogens with two attached hydrogens (primary N) is 1. The minimum Gasteiger partial charge on any atom is -0.378 e. The third kappa shape index (κ3) is 4.96. The van der Waals surface area contributed by atoms with Crippen molar-refractivity contribution in [3.8, 4) is 11.4 Å². The van der Waals surface area contributed by atoms with Crippen LogP contribution in [-0.2, 0) is 11.3 Å². The van der Waals surface area contributed by atoms with Crippen LogP contribution >= 0.6 is 23.4 Å². The maximum absolute atomic E-state index is 12.1. The highest BCUT2D eigenvalue weighted by Crippen LogP contribution is 2.23. The zero-order valence-corrected chi connectivity index (χ0v) is 17.2. The van der Waals surface area contributed by atoms with Gasteiger partial charge in [0.2, 0.25) is 11.1 Å². The molecule has 28 heavy (non-hydrogen) atoms. The summed E-state index contributed by atoms with van der Waals surface area (Å²) in [4.78, 5) is 14.2. The standard InChI is InChI=1S/C19H21ClN6OS/c1-25(2)16-8-6-13(7-9-16)11-22-17(27)12-28-19-24-23-18(26(19)21)14-4-3-5-15(20)10-14/h3-10H,11-12,21H2,1-2H3,(H,22,27). The number of hydrogen-bond acceptors (Lipinski definition) is 6. The van der Waals surface area contributed by atoms with Crippen LogP contribution in [0.25, 0.3) is 11.4 Å². The summed E-state index contributed by atoms with van der Waals surface area (Å²) in [7, 11) is 3.98. The first-order valence-corrected chi connectivity index (χ1v) is 9.92. The summed E-state index contributed by atoms with van der Waals surface area (Å²) in [6.45, 7) is 0.468. The first-order valence-electron chi connectivity index (χ1n) is 8.56. The summed E-state index contributed by atoms with van der Waals surface area (Å²) in [5.74, 6) is 6.65. The van der Waals surface area contributed by atoms with Gasteiger partial charge >= 0.3 is 0 Å². The number of rotatable bonds is 7. The van der Waals surface area contributed by atoms with Crippen LogP contribution in [0.15, 0.2) is 53.7 Å². The Bertz CT molecular complexity index is 957. The van der Waals surface area contributed by atoms with Crippen molar-refractivity contribution in [2.45, 2.75) is 11.7 Å². The second kappa shape index (κ2) is 8.99. The van der Waals surface area contributed by atoms with Gasteiger partial charge in [0.05, 0.1) is 5.75 Å². The Morgan fingerprint density at radius 3 is 2.64 bits per heavy atom. The van der Waals surface area contributed by atoms with E-state index >= 15 is 0 Å². The Kier molecular flexibility index (Phi) is 6.43. The van der Waals surface area contributed by atoms with E-state index in [2.05, 4.69) is 15.5 Å². The van der Waals surface area contributed by atoms with E-state index in [9.17, 15) is 4.79 Å². The highest BCUT2D eigenvalue weighted by molar-refractivity contribution is 7.99. The molecule has 0 aliphatic rings. The highest BCUT2D eigenvalue weighted by atomic mass is 35.5. The molecular weight excluding hydrogens is 396 g/mol. The van der Waals surface area contributed by atoms with Crippen molar-refractivity contribution >= 4 is 35.0 Å². The monoisotopic (exact) mass is 416 g/mol. The zero-order chi connectivity index (χ0) is 20.1. The third-order valence-electron chi connectivity index (χ3n) is 4.02. The SMILES string of the molecule is CN(C)c1ccc(CNC(=O)CSc2nnc(-c3cccc(Cl)c3)n2N)cc1. The van der Waals surface area contributed by atoms with Crippen LogP contribution in [0.4, 0.5) is 5.69 Å². The molecule has 7 nitrogen and oxygen atoms in total. The first kappa shape index (κ1) is 20.0. The number of benzene rings is 2. The number of amides is 1. The van der Waals surface area contributed by atoms with Crippen LogP contribution < -0.4 is 16.1 Å². The van der Waals surface area contributed by atoms with Crippen molar-refractivity contribution in [2.24, 2.45) is 0 Å². The molecule has 2 aromatic carbocycles. The maximum Gasteiger partial charge on any atom is 0.230 e. The minimum atomic E-state index is -0.103. The van der Waals surface area contributed by atoms with Crippen molar-refractivity contribution in [3.63, 3.8) is 0 Å². The van der Waals surface area contributed by atoms with Gasteiger partial charge in [-0.15, -0.1) is 10.2 Å². The predicted molar refractivity (Wildman–Crippen MR) is 114 cm³/mol. The normalized spacial score (nSPS) is 10.7.